The third kappa shape index (κ3) is 5.51. The van der Waals surface area contributed by atoms with E-state index in [1.165, 1.54) is 18.2 Å². The lowest BCUT2D eigenvalue weighted by molar-refractivity contribution is -0.140. The molecule has 7 heteroatoms. The molecule has 0 unspecified atom stereocenters. The summed E-state index contributed by atoms with van der Waals surface area (Å²) in [4.78, 5) is 12.6. The van der Waals surface area contributed by atoms with E-state index in [0.717, 1.165) is 0 Å². The Kier molecular flexibility index (Phi) is 7.76. The summed E-state index contributed by atoms with van der Waals surface area (Å²) in [7, 11) is 0. The highest BCUT2D eigenvalue weighted by Gasteiger charge is 2.31. The molecule has 0 atom stereocenters. The van der Waals surface area contributed by atoms with E-state index in [1.807, 2.05) is 0 Å². The van der Waals surface area contributed by atoms with Crippen molar-refractivity contribution >= 4 is 5.97 Å². The Morgan fingerprint density at radius 3 is 2.29 bits per heavy atom. The highest BCUT2D eigenvalue weighted by atomic mass is 19.2. The van der Waals surface area contributed by atoms with Gasteiger partial charge in [-0.25, -0.2) is 13.2 Å². The second kappa shape index (κ2) is 11.0. The maximum absolute atomic E-state index is 15.0. The number of halogens is 3. The Labute approximate surface area is 202 Å². The maximum Gasteiger partial charge on any atom is 0.314 e. The molecular formula is C28H27F3O4. The summed E-state index contributed by atoms with van der Waals surface area (Å²) in [5.41, 5.74) is 1.66. The van der Waals surface area contributed by atoms with Gasteiger partial charge in [0.15, 0.2) is 23.2 Å². The van der Waals surface area contributed by atoms with Crippen LogP contribution in [0.25, 0.3) is 11.1 Å². The number of benzene rings is 3. The minimum atomic E-state index is -0.910. The molecule has 1 N–H and O–H groups in total. The minimum absolute atomic E-state index is 0.124. The molecular weight excluding hydrogens is 457 g/mol. The second-order valence-electron chi connectivity index (χ2n) is 8.68. The number of carbonyl (C=O) groups excluding carboxylic acids is 1. The molecule has 1 fully saturated rings. The summed E-state index contributed by atoms with van der Waals surface area (Å²) < 4.78 is 54.6. The van der Waals surface area contributed by atoms with Crippen LogP contribution in [0.5, 0.6) is 11.5 Å². The summed E-state index contributed by atoms with van der Waals surface area (Å²) >= 11 is 0. The fourth-order valence-corrected chi connectivity index (χ4v) is 4.54. The van der Waals surface area contributed by atoms with Gasteiger partial charge in [0, 0.05) is 11.6 Å². The first-order valence-electron chi connectivity index (χ1n) is 11.7. The average Bonchev–Trinajstić information content (AvgIpc) is 2.87. The van der Waals surface area contributed by atoms with Crippen molar-refractivity contribution in [2.45, 2.75) is 45.1 Å². The Hall–Kier alpha value is -3.32. The maximum atomic E-state index is 15.0. The summed E-state index contributed by atoms with van der Waals surface area (Å²) in [5, 5.41) is 9.16. The van der Waals surface area contributed by atoms with Gasteiger partial charge in [0.25, 0.3) is 0 Å². The summed E-state index contributed by atoms with van der Waals surface area (Å²) in [6, 6.07) is 13.9. The molecule has 35 heavy (non-hydrogen) atoms. The predicted molar refractivity (Wildman–Crippen MR) is 126 cm³/mol. The van der Waals surface area contributed by atoms with E-state index in [2.05, 4.69) is 0 Å². The van der Waals surface area contributed by atoms with Crippen LogP contribution in [-0.2, 0) is 11.4 Å². The summed E-state index contributed by atoms with van der Waals surface area (Å²) in [6.45, 7) is 2.06. The zero-order valence-corrected chi connectivity index (χ0v) is 19.4. The van der Waals surface area contributed by atoms with Gasteiger partial charge in [-0.1, -0.05) is 36.4 Å². The van der Waals surface area contributed by atoms with Crippen LogP contribution in [0.3, 0.4) is 0 Å². The van der Waals surface area contributed by atoms with Gasteiger partial charge in [0.05, 0.1) is 19.1 Å². The molecule has 0 amide bonds. The molecule has 0 spiro atoms. The van der Waals surface area contributed by atoms with Gasteiger partial charge in [-0.3, -0.25) is 4.79 Å². The van der Waals surface area contributed by atoms with Gasteiger partial charge in [0.1, 0.15) is 5.75 Å². The third-order valence-electron chi connectivity index (χ3n) is 6.48. The first-order valence-corrected chi connectivity index (χ1v) is 11.7. The lowest BCUT2D eigenvalue weighted by Crippen LogP contribution is -2.25. The second-order valence-corrected chi connectivity index (χ2v) is 8.68. The Morgan fingerprint density at radius 1 is 0.943 bits per heavy atom. The molecule has 0 bridgehead atoms. The SMILES string of the molecule is CCOc1ccc(OC(=O)C2CCC(c3ccc(-c4ccc(CO)cc4)c(F)c3F)CC2)c(F)c1. The topological polar surface area (TPSA) is 55.8 Å². The lowest BCUT2D eigenvalue weighted by Gasteiger charge is -2.28. The van der Waals surface area contributed by atoms with Crippen molar-refractivity contribution in [1.82, 2.24) is 0 Å². The van der Waals surface area contributed by atoms with Crippen LogP contribution in [-0.4, -0.2) is 17.7 Å². The number of carbonyl (C=O) groups is 1. The molecule has 1 aliphatic carbocycles. The van der Waals surface area contributed by atoms with Gasteiger partial charge in [-0.05, 0) is 67.3 Å². The number of rotatable bonds is 7. The molecule has 0 aliphatic heterocycles. The number of aliphatic hydroxyl groups excluding tert-OH is 1. The van der Waals surface area contributed by atoms with Crippen LogP contribution in [0.4, 0.5) is 13.2 Å². The average molecular weight is 485 g/mol. The Bertz CT molecular complexity index is 1190. The minimum Gasteiger partial charge on any atom is -0.494 e. The molecule has 3 aromatic carbocycles. The van der Waals surface area contributed by atoms with E-state index in [4.69, 9.17) is 14.6 Å². The van der Waals surface area contributed by atoms with Crippen molar-refractivity contribution in [3.63, 3.8) is 0 Å². The molecule has 0 radical (unpaired) electrons. The summed E-state index contributed by atoms with van der Waals surface area (Å²) in [5.74, 6) is -3.45. The predicted octanol–water partition coefficient (Wildman–Crippen LogP) is 6.54. The van der Waals surface area contributed by atoms with Crippen LogP contribution in [0.2, 0.25) is 0 Å². The van der Waals surface area contributed by atoms with Crippen LogP contribution in [0.15, 0.2) is 54.6 Å². The fourth-order valence-electron chi connectivity index (χ4n) is 4.54. The van der Waals surface area contributed by atoms with Crippen LogP contribution >= 0.6 is 0 Å². The van der Waals surface area contributed by atoms with Crippen molar-refractivity contribution in [2.24, 2.45) is 5.92 Å². The molecule has 1 saturated carbocycles. The number of aliphatic hydroxyl groups is 1. The smallest absolute Gasteiger partial charge is 0.314 e. The largest absolute Gasteiger partial charge is 0.494 e. The number of ether oxygens (including phenoxy) is 2. The normalized spacial score (nSPS) is 17.7. The quantitative estimate of drug-likeness (QED) is 0.306. The van der Waals surface area contributed by atoms with Crippen LogP contribution < -0.4 is 9.47 Å². The van der Waals surface area contributed by atoms with E-state index in [-0.39, 0.29) is 23.8 Å². The Morgan fingerprint density at radius 2 is 1.66 bits per heavy atom. The molecule has 184 valence electrons. The number of hydrogen-bond acceptors (Lipinski definition) is 4. The first-order chi connectivity index (χ1) is 16.9. The first kappa shape index (κ1) is 24.8. The van der Waals surface area contributed by atoms with Crippen LogP contribution in [0.1, 0.15) is 49.7 Å². The monoisotopic (exact) mass is 484 g/mol. The van der Waals surface area contributed by atoms with Crippen molar-refractivity contribution in [3.05, 3.63) is 83.2 Å². The van der Waals surface area contributed by atoms with Crippen LogP contribution in [0, 0.1) is 23.4 Å². The van der Waals surface area contributed by atoms with E-state index >= 15 is 0 Å². The van der Waals surface area contributed by atoms with E-state index in [1.54, 1.807) is 43.3 Å². The van der Waals surface area contributed by atoms with E-state index < -0.39 is 29.3 Å². The summed E-state index contributed by atoms with van der Waals surface area (Å²) in [6.07, 6.45) is 1.86. The van der Waals surface area contributed by atoms with Gasteiger partial charge in [-0.2, -0.15) is 0 Å². The number of hydrogen-bond donors (Lipinski definition) is 1. The fraction of sp³-hybridized carbons (Fsp3) is 0.321. The van der Waals surface area contributed by atoms with Gasteiger partial charge in [-0.15, -0.1) is 0 Å². The third-order valence-corrected chi connectivity index (χ3v) is 6.48. The van der Waals surface area contributed by atoms with Crippen molar-refractivity contribution < 1.29 is 32.5 Å². The molecule has 0 heterocycles. The molecule has 4 rings (SSSR count). The van der Waals surface area contributed by atoms with Gasteiger partial charge in [0.2, 0.25) is 0 Å². The standard InChI is InChI=1S/C28H27F3O4/c1-2-34-21-11-14-25(24(29)15-21)35-28(33)20-9-7-19(8-10-20)23-13-12-22(26(30)27(23)31)18-5-3-17(16-32)4-6-18/h3-6,11-15,19-20,32H,2,7-10,16H2,1H3. The number of esters is 1. The van der Waals surface area contributed by atoms with Crippen molar-refractivity contribution in [1.29, 1.82) is 0 Å². The zero-order valence-electron chi connectivity index (χ0n) is 19.4. The van der Waals surface area contributed by atoms with E-state index in [0.29, 0.717) is 54.7 Å². The molecule has 0 saturated heterocycles. The highest BCUT2D eigenvalue weighted by Crippen LogP contribution is 2.39. The van der Waals surface area contributed by atoms with Gasteiger partial charge < -0.3 is 14.6 Å². The zero-order chi connectivity index (χ0) is 24.9. The van der Waals surface area contributed by atoms with E-state index in [9.17, 15) is 18.0 Å². The highest BCUT2D eigenvalue weighted by molar-refractivity contribution is 5.75. The van der Waals surface area contributed by atoms with Gasteiger partial charge >= 0.3 is 5.97 Å². The molecule has 3 aromatic rings. The lowest BCUT2D eigenvalue weighted by atomic mass is 9.78. The van der Waals surface area contributed by atoms with Crippen molar-refractivity contribution in [3.8, 4) is 22.6 Å². The van der Waals surface area contributed by atoms with Crippen molar-refractivity contribution in [2.75, 3.05) is 6.61 Å². The molecule has 0 aromatic heterocycles. The Balaban J connectivity index is 1.40. The molecule has 4 nitrogen and oxygen atoms in total. The molecule has 1 aliphatic rings.